The molecule has 0 fully saturated rings. The van der Waals surface area contributed by atoms with E-state index in [9.17, 15) is 9.18 Å². The summed E-state index contributed by atoms with van der Waals surface area (Å²) >= 11 is 5.79. The van der Waals surface area contributed by atoms with E-state index in [1.165, 1.54) is 0 Å². The molecule has 10 heteroatoms. The fourth-order valence-electron chi connectivity index (χ4n) is 1.85. The molecule has 120 valence electrons. The second-order valence-electron chi connectivity index (χ2n) is 4.52. The molecule has 2 heterocycles. The predicted octanol–water partition coefficient (Wildman–Crippen LogP) is 1.69. The number of amides is 1. The molecule has 0 bridgehead atoms. The molecule has 0 aliphatic heterocycles. The van der Waals surface area contributed by atoms with Crippen molar-refractivity contribution < 1.29 is 14.3 Å². The van der Waals surface area contributed by atoms with Crippen LogP contribution in [-0.4, -0.2) is 38.6 Å². The maximum absolute atomic E-state index is 14.0. The normalized spacial score (nSPS) is 11.5. The molecule has 2 aromatic heterocycles. The van der Waals surface area contributed by atoms with Crippen LogP contribution in [0.3, 0.4) is 0 Å². The van der Waals surface area contributed by atoms with Crippen molar-refractivity contribution in [3.63, 3.8) is 0 Å². The smallest absolute Gasteiger partial charge is 0.404 e. The van der Waals surface area contributed by atoms with Gasteiger partial charge in [0, 0.05) is 18.9 Å². The van der Waals surface area contributed by atoms with E-state index in [4.69, 9.17) is 22.0 Å². The highest BCUT2D eigenvalue weighted by atomic mass is 35.5. The second kappa shape index (κ2) is 7.42. The predicted molar refractivity (Wildman–Crippen MR) is 79.6 cm³/mol. The first-order valence-corrected chi connectivity index (χ1v) is 6.84. The fraction of sp³-hybridized carbons (Fsp3) is 0.231. The molecule has 2 aromatic rings. The number of pyridine rings is 1. The number of aromatic nitrogens is 3. The molecular weight excluding hydrogens is 327 g/mol. The molecular formula is C13H12ClFN6O2. The average Bonchev–Trinajstić information content (AvgIpc) is 3.01. The minimum atomic E-state index is -1.21. The lowest BCUT2D eigenvalue weighted by Crippen LogP contribution is -2.39. The van der Waals surface area contributed by atoms with Crippen LogP contribution in [0.2, 0.25) is 5.15 Å². The van der Waals surface area contributed by atoms with Gasteiger partial charge in [0.15, 0.2) is 11.6 Å². The van der Waals surface area contributed by atoms with Crippen LogP contribution in [-0.2, 0) is 6.54 Å². The Morgan fingerprint density at radius 2 is 2.39 bits per heavy atom. The van der Waals surface area contributed by atoms with Crippen LogP contribution in [0.15, 0.2) is 24.5 Å². The van der Waals surface area contributed by atoms with Gasteiger partial charge >= 0.3 is 6.09 Å². The minimum absolute atomic E-state index is 0.00602. The number of carboxylic acid groups (broad SMARTS) is 1. The third-order valence-electron chi connectivity index (χ3n) is 2.86. The van der Waals surface area contributed by atoms with Crippen LogP contribution in [0.25, 0.3) is 0 Å². The van der Waals surface area contributed by atoms with E-state index in [-0.39, 0.29) is 29.6 Å². The number of nitriles is 1. The molecule has 0 saturated carbocycles. The van der Waals surface area contributed by atoms with Gasteiger partial charge in [-0.1, -0.05) is 11.6 Å². The SMILES string of the molecule is N#Cc1cc(F)c(NC(CNC(=O)O)Cn2cccn2)nc1Cl. The Hall–Kier alpha value is -2.86. The first-order chi connectivity index (χ1) is 11.0. The van der Waals surface area contributed by atoms with Gasteiger partial charge in [-0.3, -0.25) is 4.68 Å². The van der Waals surface area contributed by atoms with Crippen molar-refractivity contribution in [3.05, 3.63) is 41.1 Å². The van der Waals surface area contributed by atoms with Crippen LogP contribution >= 0.6 is 11.6 Å². The van der Waals surface area contributed by atoms with Gasteiger partial charge in [-0.05, 0) is 12.1 Å². The summed E-state index contributed by atoms with van der Waals surface area (Å²) in [6.07, 6.45) is 2.05. The maximum Gasteiger partial charge on any atom is 0.404 e. The van der Waals surface area contributed by atoms with Gasteiger partial charge in [-0.15, -0.1) is 0 Å². The average molecular weight is 339 g/mol. The third-order valence-corrected chi connectivity index (χ3v) is 3.15. The molecule has 0 aliphatic carbocycles. The quantitative estimate of drug-likeness (QED) is 0.690. The molecule has 23 heavy (non-hydrogen) atoms. The van der Waals surface area contributed by atoms with Crippen molar-refractivity contribution in [2.45, 2.75) is 12.6 Å². The molecule has 8 nitrogen and oxygen atoms in total. The molecule has 1 amide bonds. The van der Waals surface area contributed by atoms with Crippen LogP contribution < -0.4 is 10.6 Å². The zero-order valence-corrected chi connectivity index (χ0v) is 12.5. The Balaban J connectivity index is 2.17. The topological polar surface area (TPSA) is 116 Å². The van der Waals surface area contributed by atoms with Crippen LogP contribution in [0, 0.1) is 17.1 Å². The van der Waals surface area contributed by atoms with Crippen molar-refractivity contribution >= 4 is 23.5 Å². The first kappa shape index (κ1) is 16.5. The summed E-state index contributed by atoms with van der Waals surface area (Å²) in [7, 11) is 0. The Morgan fingerprint density at radius 3 is 3.00 bits per heavy atom. The highest BCUT2D eigenvalue weighted by molar-refractivity contribution is 6.30. The van der Waals surface area contributed by atoms with Crippen molar-refractivity contribution in [1.82, 2.24) is 20.1 Å². The number of carbonyl (C=O) groups is 1. The Kier molecular flexibility index (Phi) is 5.32. The van der Waals surface area contributed by atoms with E-state index in [0.717, 1.165) is 6.07 Å². The second-order valence-corrected chi connectivity index (χ2v) is 4.88. The largest absolute Gasteiger partial charge is 0.465 e. The van der Waals surface area contributed by atoms with Crippen LogP contribution in [0.5, 0.6) is 0 Å². The van der Waals surface area contributed by atoms with Crippen molar-refractivity contribution in [2.24, 2.45) is 0 Å². The summed E-state index contributed by atoms with van der Waals surface area (Å²) in [5, 5.41) is 26.3. The Labute approximate surface area is 135 Å². The summed E-state index contributed by atoms with van der Waals surface area (Å²) in [5.41, 5.74) is -0.0815. The molecule has 0 aromatic carbocycles. The van der Waals surface area contributed by atoms with Gasteiger partial charge in [0.05, 0.1) is 18.2 Å². The highest BCUT2D eigenvalue weighted by Crippen LogP contribution is 2.20. The molecule has 0 spiro atoms. The van der Waals surface area contributed by atoms with Gasteiger partial charge in [0.1, 0.15) is 11.2 Å². The van der Waals surface area contributed by atoms with Gasteiger partial charge in [-0.2, -0.15) is 10.4 Å². The number of rotatable bonds is 6. The van der Waals surface area contributed by atoms with E-state index >= 15 is 0 Å². The summed E-state index contributed by atoms with van der Waals surface area (Å²) < 4.78 is 15.5. The maximum atomic E-state index is 14.0. The van der Waals surface area contributed by atoms with Crippen LogP contribution in [0.1, 0.15) is 5.56 Å². The van der Waals surface area contributed by atoms with Gasteiger partial charge in [0.25, 0.3) is 0 Å². The Morgan fingerprint density at radius 1 is 1.61 bits per heavy atom. The number of hydrogen-bond donors (Lipinski definition) is 3. The van der Waals surface area contributed by atoms with Crippen molar-refractivity contribution in [1.29, 1.82) is 5.26 Å². The lowest BCUT2D eigenvalue weighted by molar-refractivity contribution is 0.193. The highest BCUT2D eigenvalue weighted by Gasteiger charge is 2.16. The zero-order valence-electron chi connectivity index (χ0n) is 11.7. The summed E-state index contributed by atoms with van der Waals surface area (Å²) in [5.74, 6) is -0.926. The molecule has 0 saturated heterocycles. The van der Waals surface area contributed by atoms with E-state index < -0.39 is 18.0 Å². The minimum Gasteiger partial charge on any atom is -0.465 e. The first-order valence-electron chi connectivity index (χ1n) is 6.46. The van der Waals surface area contributed by atoms with Crippen LogP contribution in [0.4, 0.5) is 15.0 Å². The van der Waals surface area contributed by atoms with Gasteiger partial charge < -0.3 is 15.7 Å². The molecule has 1 atom stereocenters. The Bertz CT molecular complexity index is 731. The lowest BCUT2D eigenvalue weighted by atomic mass is 10.2. The number of hydrogen-bond acceptors (Lipinski definition) is 5. The monoisotopic (exact) mass is 338 g/mol. The standard InChI is InChI=1S/C13H12ClFN6O2/c14-11-8(5-16)4-10(15)12(20-11)19-9(6-17-13(22)23)7-21-3-1-2-18-21/h1-4,9,17H,6-7H2,(H,19,20)(H,22,23). The van der Waals surface area contributed by atoms with E-state index in [0.29, 0.717) is 0 Å². The summed E-state index contributed by atoms with van der Waals surface area (Å²) in [6.45, 7) is 0.264. The number of halogens is 2. The van der Waals surface area contributed by atoms with Gasteiger partial charge in [-0.25, -0.2) is 14.2 Å². The number of nitrogens with one attached hydrogen (secondary N) is 2. The molecule has 2 rings (SSSR count). The fourth-order valence-corrected chi connectivity index (χ4v) is 2.03. The van der Waals surface area contributed by atoms with Gasteiger partial charge in [0.2, 0.25) is 0 Å². The molecule has 1 unspecified atom stereocenters. The molecule has 3 N–H and O–H groups in total. The molecule has 0 aliphatic rings. The molecule has 0 radical (unpaired) electrons. The van der Waals surface area contributed by atoms with Crippen molar-refractivity contribution in [3.8, 4) is 6.07 Å². The summed E-state index contributed by atoms with van der Waals surface area (Å²) in [4.78, 5) is 14.4. The van der Waals surface area contributed by atoms with Crippen molar-refractivity contribution in [2.75, 3.05) is 11.9 Å². The zero-order chi connectivity index (χ0) is 16.8. The summed E-state index contributed by atoms with van der Waals surface area (Å²) in [6, 6.07) is 3.87. The number of nitrogens with zero attached hydrogens (tertiary/aromatic N) is 4. The third kappa shape index (κ3) is 4.55. The van der Waals surface area contributed by atoms with E-state index in [2.05, 4.69) is 20.7 Å². The van der Waals surface area contributed by atoms with E-state index in [1.807, 2.05) is 0 Å². The lowest BCUT2D eigenvalue weighted by Gasteiger charge is -2.19. The number of anilines is 1. The van der Waals surface area contributed by atoms with E-state index in [1.54, 1.807) is 29.2 Å².